The fourth-order valence-corrected chi connectivity index (χ4v) is 14.4. The Hall–Kier alpha value is -9.72. The molecule has 670 valence electrons. The summed E-state index contributed by atoms with van der Waals surface area (Å²) in [4.78, 5) is 193. The van der Waals surface area contributed by atoms with Gasteiger partial charge in [-0.05, 0) is 92.4 Å². The summed E-state index contributed by atoms with van der Waals surface area (Å²) in [6.45, 7) is 20.7. The predicted octanol–water partition coefficient (Wildman–Crippen LogP) is 2.77. The molecule has 36 heteroatoms. The maximum absolute atomic E-state index is 14.9. The van der Waals surface area contributed by atoms with E-state index < -0.39 is 144 Å². The van der Waals surface area contributed by atoms with Crippen LogP contribution >= 0.6 is 0 Å². The number of nitrogens with two attached hydrogens (primary N) is 1. The highest BCUT2D eigenvalue weighted by Gasteiger charge is 2.44. The van der Waals surface area contributed by atoms with Crippen LogP contribution in [0.3, 0.4) is 0 Å². The maximum atomic E-state index is 14.9. The van der Waals surface area contributed by atoms with E-state index >= 15 is 0 Å². The van der Waals surface area contributed by atoms with Gasteiger partial charge in [0.15, 0.2) is 0 Å². The van der Waals surface area contributed by atoms with Gasteiger partial charge in [0.2, 0.25) is 59.1 Å². The van der Waals surface area contributed by atoms with E-state index in [2.05, 4.69) is 47.9 Å². The SMILES string of the molecule is CC[C@H](C)[C@@H]([C@@H](CC(=O)N1CCC[C@H]1C(OC)[C@@H](C)C(=O)N[C@H](C)Cc1ccccc1)OC)N(C)C(=O)[C@@H](NC(=O)[C@H](C(C)C)N(C)C(=O)OCc1ccc(NC(=O)[C@H](CCCNC(N)=O)NC(=O)[C@@H](NC(=O)[C@H](CC(=O)N[C@H]2CCOC2)NC(=O)CCOCCOCCOCCOCCNC(=O)CCN2C(=O)C=CC2=O)C(C)C)cc1)C(C)C. The van der Waals surface area contributed by atoms with Gasteiger partial charge in [0.25, 0.3) is 11.8 Å². The molecule has 2 saturated heterocycles. The molecular formula is C84H132N14O22. The summed E-state index contributed by atoms with van der Waals surface area (Å²) in [6.07, 6.45) is 2.53. The maximum Gasteiger partial charge on any atom is 0.410 e. The van der Waals surface area contributed by atoms with E-state index in [0.717, 1.165) is 27.5 Å². The third-order valence-electron chi connectivity index (χ3n) is 21.3. The van der Waals surface area contributed by atoms with Crippen LogP contribution in [-0.4, -0.2) is 290 Å². The number of anilines is 1. The summed E-state index contributed by atoms with van der Waals surface area (Å²) in [6, 6.07) is 7.60. The number of hydrogen-bond acceptors (Lipinski definition) is 22. The van der Waals surface area contributed by atoms with Crippen molar-refractivity contribution >= 4 is 88.7 Å². The van der Waals surface area contributed by atoms with Crippen molar-refractivity contribution in [1.82, 2.24) is 62.1 Å². The summed E-state index contributed by atoms with van der Waals surface area (Å²) in [7, 11) is 6.12. The van der Waals surface area contributed by atoms with Crippen molar-refractivity contribution in [3.05, 3.63) is 77.9 Å². The second kappa shape index (κ2) is 53.1. The Labute approximate surface area is 705 Å². The van der Waals surface area contributed by atoms with Crippen LogP contribution in [0.5, 0.6) is 0 Å². The van der Waals surface area contributed by atoms with Gasteiger partial charge < -0.3 is 101 Å². The molecule has 120 heavy (non-hydrogen) atoms. The molecule has 1 unspecified atom stereocenters. The molecule has 15 amide bonds. The molecule has 0 saturated carbocycles. The first kappa shape index (κ1) is 101. The largest absolute Gasteiger partial charge is 0.445 e. The van der Waals surface area contributed by atoms with Crippen LogP contribution in [0.15, 0.2) is 66.7 Å². The molecule has 13 atom stereocenters. The Balaban J connectivity index is 1.13. The van der Waals surface area contributed by atoms with Gasteiger partial charge in [0.1, 0.15) is 36.8 Å². The second-order valence-corrected chi connectivity index (χ2v) is 31.6. The lowest BCUT2D eigenvalue weighted by Crippen LogP contribution is -2.60. The van der Waals surface area contributed by atoms with Crippen molar-refractivity contribution in [3.8, 4) is 0 Å². The highest BCUT2D eigenvalue weighted by molar-refractivity contribution is 6.13. The van der Waals surface area contributed by atoms with Gasteiger partial charge in [-0.1, -0.05) is 111 Å². The number of urea groups is 1. The minimum atomic E-state index is -1.47. The van der Waals surface area contributed by atoms with E-state index in [0.29, 0.717) is 50.8 Å². The number of nitrogens with zero attached hydrogens (tertiary/aromatic N) is 4. The smallest absolute Gasteiger partial charge is 0.410 e. The monoisotopic (exact) mass is 1690 g/mol. The summed E-state index contributed by atoms with van der Waals surface area (Å²) in [5.41, 5.74) is 7.16. The van der Waals surface area contributed by atoms with Crippen LogP contribution in [0, 0.1) is 29.6 Å². The molecule has 0 aliphatic carbocycles. The van der Waals surface area contributed by atoms with Gasteiger partial charge in [-0.2, -0.15) is 0 Å². The summed E-state index contributed by atoms with van der Waals surface area (Å²) >= 11 is 0. The molecule has 3 aliphatic rings. The van der Waals surface area contributed by atoms with Crippen LogP contribution in [0.4, 0.5) is 15.3 Å². The molecule has 0 spiro atoms. The molecular weight excluding hydrogens is 1560 g/mol. The number of methoxy groups -OCH3 is 2. The Bertz CT molecular complexity index is 3640. The van der Waals surface area contributed by atoms with Crippen LogP contribution in [0.2, 0.25) is 0 Å². The molecule has 3 heterocycles. The van der Waals surface area contributed by atoms with Crippen molar-refractivity contribution in [2.45, 2.75) is 213 Å². The zero-order chi connectivity index (χ0) is 88.5. The predicted molar refractivity (Wildman–Crippen MR) is 443 cm³/mol. The number of carbonyl (C=O) groups is 14. The molecule has 36 nitrogen and oxygen atoms in total. The molecule has 11 N–H and O–H groups in total. The first-order valence-corrected chi connectivity index (χ1v) is 41.7. The molecule has 3 aliphatic heterocycles. The van der Waals surface area contributed by atoms with E-state index in [1.807, 2.05) is 58.0 Å². The van der Waals surface area contributed by atoms with Crippen molar-refractivity contribution < 1.29 is 105 Å². The van der Waals surface area contributed by atoms with E-state index in [4.69, 9.17) is 43.6 Å². The lowest BCUT2D eigenvalue weighted by Gasteiger charge is -2.41. The van der Waals surface area contributed by atoms with E-state index in [9.17, 15) is 67.1 Å². The average molecular weight is 1690 g/mol. The standard InChI is InChI=1S/C84H132N14O22/c1-15-55(8)75(65(113-13)49-71(104)97-36-20-24-64(97)76(114-14)57(10)77(105)88-56(9)47-58-21-17-16-18-22-58)95(11)82(110)73(53(4)5)94-81(109)74(54(6)7)96(12)84(112)120-50-59-25-27-60(28-26-59)90-78(106)62(23-19-34-87-83(85)111)92-80(108)72(52(2)3)93-79(107)63(48-68(101)89-61-32-38-119-51-61)91-67(100)33-39-115-41-43-117-45-46-118-44-42-116-40-35-86-66(99)31-37-98-69(102)29-30-70(98)103/h16-18,21-22,25-30,52-57,61-65,72-76H,15,19-20,23-24,31-51H2,1-14H3,(H,86,99)(H,88,105)(H,89,101)(H,90,106)(H,91,100)(H,92,108)(H,93,107)(H,94,109)(H3,85,87,111)/t55-,56+,57+,61-,62-,63-,64-,65+,72-,73-,74-,75-,76?/m0/s1. The van der Waals surface area contributed by atoms with Crippen molar-refractivity contribution in [2.75, 3.05) is 126 Å². The number of imide groups is 1. The minimum absolute atomic E-state index is 0.0130. The normalized spacial score (nSPS) is 17.3. The van der Waals surface area contributed by atoms with Crippen LogP contribution in [0.1, 0.15) is 145 Å². The number of likely N-dealkylation sites (tertiary alicyclic amines) is 1. The van der Waals surface area contributed by atoms with Gasteiger partial charge in [-0.25, -0.2) is 9.59 Å². The number of rotatable bonds is 55. The lowest BCUT2D eigenvalue weighted by molar-refractivity contribution is -0.148. The van der Waals surface area contributed by atoms with E-state index in [-0.39, 0.29) is 165 Å². The Morgan fingerprint density at radius 2 is 1.23 bits per heavy atom. The minimum Gasteiger partial charge on any atom is -0.445 e. The van der Waals surface area contributed by atoms with Gasteiger partial charge >= 0.3 is 12.1 Å². The van der Waals surface area contributed by atoms with Crippen molar-refractivity contribution in [3.63, 3.8) is 0 Å². The van der Waals surface area contributed by atoms with E-state index in [1.165, 1.54) is 26.3 Å². The quantitative estimate of drug-likeness (QED) is 0.0336. The molecule has 5 rings (SSSR count). The third-order valence-corrected chi connectivity index (χ3v) is 21.3. The van der Waals surface area contributed by atoms with Crippen LogP contribution < -0.4 is 53.6 Å². The van der Waals surface area contributed by atoms with E-state index in [1.54, 1.807) is 77.6 Å². The topological polar surface area (TPSA) is 460 Å². The number of likely N-dealkylation sites (N-methyl/N-ethyl adjacent to an activating group) is 2. The third kappa shape index (κ3) is 34.1. The number of amides is 15. The Morgan fingerprint density at radius 3 is 1.81 bits per heavy atom. The molecule has 2 aromatic rings. The molecule has 2 fully saturated rings. The van der Waals surface area contributed by atoms with Gasteiger partial charge in [0, 0.05) is 97.8 Å². The summed E-state index contributed by atoms with van der Waals surface area (Å²) < 4.78 is 45.3. The number of nitrogens with one attached hydrogen (secondary N) is 9. The molecule has 0 radical (unpaired) electrons. The fraction of sp³-hybridized carbons (Fsp3) is 0.667. The Morgan fingerprint density at radius 1 is 0.600 bits per heavy atom. The lowest BCUT2D eigenvalue weighted by atomic mass is 9.89. The zero-order valence-electron chi connectivity index (χ0n) is 72.3. The molecule has 0 aromatic heterocycles. The van der Waals surface area contributed by atoms with Gasteiger partial charge in [-0.3, -0.25) is 67.3 Å². The Kier molecular flexibility index (Phi) is 44.7. The zero-order valence-corrected chi connectivity index (χ0v) is 72.3. The number of carbonyl (C=O) groups excluding carboxylic acids is 14. The number of ether oxygens (including phenoxy) is 8. The van der Waals surface area contributed by atoms with Crippen LogP contribution in [0.25, 0.3) is 0 Å². The summed E-state index contributed by atoms with van der Waals surface area (Å²) in [5, 5.41) is 24.8. The number of benzene rings is 2. The van der Waals surface area contributed by atoms with Gasteiger partial charge in [0.05, 0.1) is 109 Å². The average Bonchev–Trinajstić information content (AvgIpc) is 1.27. The highest BCUT2D eigenvalue weighted by Crippen LogP contribution is 2.31. The first-order chi connectivity index (χ1) is 57.2. The summed E-state index contributed by atoms with van der Waals surface area (Å²) in [5.74, 6) is -8.48. The molecule has 2 aromatic carbocycles. The number of primary amides is 1. The number of hydrogen-bond donors (Lipinski definition) is 10. The fourth-order valence-electron chi connectivity index (χ4n) is 14.4. The van der Waals surface area contributed by atoms with Crippen LogP contribution in [-0.2, 0) is 108 Å². The highest BCUT2D eigenvalue weighted by atomic mass is 16.6. The van der Waals surface area contributed by atoms with Crippen molar-refractivity contribution in [2.24, 2.45) is 35.3 Å². The molecule has 0 bridgehead atoms. The van der Waals surface area contributed by atoms with Crippen molar-refractivity contribution in [1.29, 1.82) is 0 Å². The van der Waals surface area contributed by atoms with Gasteiger partial charge in [-0.15, -0.1) is 0 Å². The first-order valence-electron chi connectivity index (χ1n) is 41.7. The second-order valence-electron chi connectivity index (χ2n) is 31.6.